The lowest BCUT2D eigenvalue weighted by Gasteiger charge is -2.32. The molecule has 5 rings (SSSR count). The van der Waals surface area contributed by atoms with Crippen molar-refractivity contribution in [3.8, 4) is 0 Å². The lowest BCUT2D eigenvalue weighted by Crippen LogP contribution is -2.52. The first-order valence-corrected chi connectivity index (χ1v) is 13.5. The van der Waals surface area contributed by atoms with Crippen LogP contribution in [0.15, 0.2) is 91.0 Å². The van der Waals surface area contributed by atoms with E-state index < -0.39 is 48.0 Å². The molecular weight excluding hydrogens is 524 g/mol. The van der Waals surface area contributed by atoms with E-state index in [9.17, 15) is 19.2 Å². The van der Waals surface area contributed by atoms with Gasteiger partial charge in [0.2, 0.25) is 5.91 Å². The number of rotatable bonds is 8. The van der Waals surface area contributed by atoms with Crippen molar-refractivity contribution in [1.29, 1.82) is 0 Å². The molecule has 2 aliphatic rings. The summed E-state index contributed by atoms with van der Waals surface area (Å²) in [4.78, 5) is 52.6. The van der Waals surface area contributed by atoms with Crippen LogP contribution in [0.5, 0.6) is 0 Å². The van der Waals surface area contributed by atoms with Crippen molar-refractivity contribution < 1.29 is 28.7 Å². The first-order valence-electron chi connectivity index (χ1n) is 13.5. The van der Waals surface area contributed by atoms with Gasteiger partial charge in [-0.1, -0.05) is 91.0 Å². The van der Waals surface area contributed by atoms with Gasteiger partial charge in [-0.3, -0.25) is 14.6 Å². The number of amides is 3. The van der Waals surface area contributed by atoms with E-state index in [0.29, 0.717) is 6.42 Å². The Labute approximate surface area is 238 Å². The largest absolute Gasteiger partial charge is 0.467 e. The van der Waals surface area contributed by atoms with Gasteiger partial charge in [-0.2, -0.15) is 0 Å². The highest BCUT2D eigenvalue weighted by molar-refractivity contribution is 5.95. The highest BCUT2D eigenvalue weighted by Gasteiger charge is 2.59. The van der Waals surface area contributed by atoms with Gasteiger partial charge in [-0.05, 0) is 30.0 Å². The predicted octanol–water partition coefficient (Wildman–Crippen LogP) is 3.27. The third-order valence-corrected chi connectivity index (χ3v) is 7.43. The fraction of sp³-hybridized carbons (Fsp3) is 0.290. The van der Waals surface area contributed by atoms with Crippen molar-refractivity contribution in [1.82, 2.24) is 20.7 Å². The van der Waals surface area contributed by atoms with Gasteiger partial charge in [0.1, 0.15) is 24.7 Å². The fourth-order valence-electron chi connectivity index (χ4n) is 5.51. The van der Waals surface area contributed by atoms with E-state index in [1.807, 2.05) is 96.0 Å². The van der Waals surface area contributed by atoms with Crippen molar-refractivity contribution >= 4 is 23.9 Å². The van der Waals surface area contributed by atoms with Crippen molar-refractivity contribution in [2.45, 2.75) is 50.2 Å². The van der Waals surface area contributed by atoms with Crippen LogP contribution in [0, 0.1) is 0 Å². The molecule has 10 nitrogen and oxygen atoms in total. The van der Waals surface area contributed by atoms with Crippen LogP contribution < -0.4 is 10.6 Å². The summed E-state index contributed by atoms with van der Waals surface area (Å²) in [5.74, 6) is -1.53. The second-order valence-corrected chi connectivity index (χ2v) is 10.0. The molecule has 2 N–H and O–H groups in total. The number of carbonyl (C=O) groups is 4. The predicted molar refractivity (Wildman–Crippen MR) is 149 cm³/mol. The standard InChI is InChI=1S/C31H32N4O6/c1-20(30(38)40-2)32-28(36)25-18-24(22-14-8-4-9-15-22)34-27(23-16-10-5-11-17-23)26(29(37)35(25)34)33-31(39)41-19-21-12-6-3-7-13-21/h3-17,20,24-27H,18-19H2,1-2H3,(H,32,36)(H,33,39)/t20-,24+,25+,26+,27+/m0/s1. The van der Waals surface area contributed by atoms with E-state index in [1.165, 1.54) is 19.0 Å². The number of esters is 1. The molecule has 0 radical (unpaired) electrons. The Kier molecular flexibility index (Phi) is 8.30. The zero-order chi connectivity index (χ0) is 28.9. The number of ether oxygens (including phenoxy) is 2. The number of fused-ring (bicyclic) bond motifs is 1. The molecule has 2 aliphatic heterocycles. The Hall–Kier alpha value is -4.70. The first-order chi connectivity index (χ1) is 19.9. The molecular formula is C31H32N4O6. The number of methoxy groups -OCH3 is 1. The minimum Gasteiger partial charge on any atom is -0.467 e. The molecule has 0 spiro atoms. The van der Waals surface area contributed by atoms with Crippen LogP contribution >= 0.6 is 0 Å². The number of nitrogens with zero attached hydrogens (tertiary/aromatic N) is 2. The van der Waals surface area contributed by atoms with E-state index in [0.717, 1.165) is 16.7 Å². The number of hydrogen-bond donors (Lipinski definition) is 2. The smallest absolute Gasteiger partial charge is 0.408 e. The van der Waals surface area contributed by atoms with Gasteiger partial charge < -0.3 is 20.1 Å². The van der Waals surface area contributed by atoms with Crippen LogP contribution in [0.4, 0.5) is 4.79 Å². The van der Waals surface area contributed by atoms with Crippen molar-refractivity contribution in [2.24, 2.45) is 0 Å². The van der Waals surface area contributed by atoms with E-state index >= 15 is 0 Å². The van der Waals surface area contributed by atoms with Gasteiger partial charge in [0.25, 0.3) is 5.91 Å². The summed E-state index contributed by atoms with van der Waals surface area (Å²) in [6.45, 7) is 1.57. The second-order valence-electron chi connectivity index (χ2n) is 10.0. The molecule has 0 unspecified atom stereocenters. The van der Waals surface area contributed by atoms with Crippen LogP contribution in [0.2, 0.25) is 0 Å². The summed E-state index contributed by atoms with van der Waals surface area (Å²) in [5.41, 5.74) is 2.52. The summed E-state index contributed by atoms with van der Waals surface area (Å²) in [5, 5.41) is 8.76. The van der Waals surface area contributed by atoms with Gasteiger partial charge in [-0.25, -0.2) is 14.6 Å². The topological polar surface area (TPSA) is 117 Å². The van der Waals surface area contributed by atoms with Gasteiger partial charge >= 0.3 is 12.1 Å². The van der Waals surface area contributed by atoms with Crippen LogP contribution in [-0.2, 0) is 30.5 Å². The molecule has 0 bridgehead atoms. The number of hydrogen-bond acceptors (Lipinski definition) is 7. The Morgan fingerprint density at radius 2 is 1.49 bits per heavy atom. The summed E-state index contributed by atoms with van der Waals surface area (Å²) in [6, 6.07) is 24.4. The van der Waals surface area contributed by atoms with Crippen molar-refractivity contribution in [3.05, 3.63) is 108 Å². The Morgan fingerprint density at radius 1 is 0.902 bits per heavy atom. The number of hydrazine groups is 1. The molecule has 0 aliphatic carbocycles. The van der Waals surface area contributed by atoms with Gasteiger partial charge in [-0.15, -0.1) is 0 Å². The summed E-state index contributed by atoms with van der Waals surface area (Å²) in [6.07, 6.45) is -0.448. The SMILES string of the molecule is COC(=O)[C@H](C)NC(=O)[C@H]1C[C@H](c2ccccc2)N2[C@H](c3ccccc3)[C@@H](NC(=O)OCc3ccccc3)C(=O)N12. The Bertz CT molecular complexity index is 1390. The van der Waals surface area contributed by atoms with E-state index in [1.54, 1.807) is 0 Å². The van der Waals surface area contributed by atoms with Gasteiger partial charge in [0, 0.05) is 0 Å². The van der Waals surface area contributed by atoms with Crippen molar-refractivity contribution in [2.75, 3.05) is 7.11 Å². The lowest BCUT2D eigenvalue weighted by atomic mass is 9.94. The number of alkyl carbamates (subject to hydrolysis) is 1. The second kappa shape index (κ2) is 12.2. The third kappa shape index (κ3) is 5.78. The van der Waals surface area contributed by atoms with Crippen LogP contribution in [0.1, 0.15) is 42.1 Å². The normalized spacial score (nSPS) is 22.5. The van der Waals surface area contributed by atoms with E-state index in [-0.39, 0.29) is 12.6 Å². The van der Waals surface area contributed by atoms with Crippen LogP contribution in [-0.4, -0.2) is 59.1 Å². The summed E-state index contributed by atoms with van der Waals surface area (Å²) < 4.78 is 10.2. The summed E-state index contributed by atoms with van der Waals surface area (Å²) >= 11 is 0. The molecule has 212 valence electrons. The first kappa shape index (κ1) is 27.9. The maximum atomic E-state index is 14.1. The molecule has 0 saturated carbocycles. The average Bonchev–Trinajstić information content (AvgIpc) is 3.52. The minimum atomic E-state index is -1.03. The monoisotopic (exact) mass is 556 g/mol. The molecule has 2 heterocycles. The molecule has 3 aromatic rings. The van der Waals surface area contributed by atoms with E-state index in [2.05, 4.69) is 10.6 Å². The fourth-order valence-corrected chi connectivity index (χ4v) is 5.51. The third-order valence-electron chi connectivity index (χ3n) is 7.43. The van der Waals surface area contributed by atoms with E-state index in [4.69, 9.17) is 9.47 Å². The number of benzene rings is 3. The quantitative estimate of drug-likeness (QED) is 0.409. The molecule has 3 amide bonds. The zero-order valence-electron chi connectivity index (χ0n) is 22.8. The lowest BCUT2D eigenvalue weighted by molar-refractivity contribution is -0.149. The van der Waals surface area contributed by atoms with Crippen molar-refractivity contribution in [3.63, 3.8) is 0 Å². The minimum absolute atomic E-state index is 0.0418. The molecule has 2 saturated heterocycles. The number of carbonyl (C=O) groups excluding carboxylic acids is 4. The Balaban J connectivity index is 1.48. The average molecular weight is 557 g/mol. The molecule has 0 aromatic heterocycles. The zero-order valence-corrected chi connectivity index (χ0v) is 22.8. The Morgan fingerprint density at radius 3 is 2.10 bits per heavy atom. The molecule has 2 fully saturated rings. The summed E-state index contributed by atoms with van der Waals surface area (Å²) in [7, 11) is 1.25. The molecule has 3 aromatic carbocycles. The van der Waals surface area contributed by atoms with Gasteiger partial charge in [0.15, 0.2) is 0 Å². The number of nitrogens with one attached hydrogen (secondary N) is 2. The maximum absolute atomic E-state index is 14.1. The maximum Gasteiger partial charge on any atom is 0.408 e. The van der Waals surface area contributed by atoms with Gasteiger partial charge in [0.05, 0.1) is 19.2 Å². The molecule has 41 heavy (non-hydrogen) atoms. The molecule has 5 atom stereocenters. The van der Waals surface area contributed by atoms with Crippen LogP contribution in [0.3, 0.4) is 0 Å². The highest BCUT2D eigenvalue weighted by Crippen LogP contribution is 2.48. The van der Waals surface area contributed by atoms with Crippen LogP contribution in [0.25, 0.3) is 0 Å². The highest BCUT2D eigenvalue weighted by atomic mass is 16.5. The molecule has 10 heteroatoms.